The van der Waals surface area contributed by atoms with Crippen LogP contribution in [0.3, 0.4) is 0 Å². The summed E-state index contributed by atoms with van der Waals surface area (Å²) in [6.45, 7) is 2.90. The number of hydrazine groups is 1. The van der Waals surface area contributed by atoms with E-state index in [-0.39, 0.29) is 0 Å². The average molecular weight is 156 g/mol. The lowest BCUT2D eigenvalue weighted by molar-refractivity contribution is 0.412. The lowest BCUT2D eigenvalue weighted by Crippen LogP contribution is -2.35. The van der Waals surface area contributed by atoms with Crippen molar-refractivity contribution in [2.24, 2.45) is 11.6 Å². The predicted molar refractivity (Wildman–Crippen MR) is 41.8 cm³/mol. The first-order valence-electron chi connectivity index (χ1n) is 3.39. The van der Waals surface area contributed by atoms with Crippen molar-refractivity contribution in [1.29, 1.82) is 0 Å². The van der Waals surface area contributed by atoms with E-state index in [9.17, 15) is 0 Å². The minimum absolute atomic E-state index is 0.496. The third kappa shape index (κ3) is 1.92. The van der Waals surface area contributed by atoms with E-state index in [1.165, 1.54) is 5.01 Å². The fourth-order valence-corrected chi connectivity index (χ4v) is 0.735. The van der Waals surface area contributed by atoms with Gasteiger partial charge in [-0.3, -0.25) is 5.01 Å². The molecule has 0 amide bonds. The van der Waals surface area contributed by atoms with Crippen LogP contribution in [0, 0.1) is 6.92 Å². The van der Waals surface area contributed by atoms with Gasteiger partial charge < -0.3 is 10.3 Å². The van der Waals surface area contributed by atoms with Gasteiger partial charge in [-0.1, -0.05) is 5.16 Å². The van der Waals surface area contributed by atoms with E-state index in [4.69, 9.17) is 16.1 Å². The number of hydrogen-bond donors (Lipinski definition) is 2. The first kappa shape index (κ1) is 8.03. The third-order valence-electron chi connectivity index (χ3n) is 1.27. The Morgan fingerprint density at radius 1 is 1.73 bits per heavy atom. The molecule has 0 fully saturated rings. The standard InChI is InChI=1S/C6H12N4O/c1-5-4-6(11-9-5)10(8)3-2-7/h4H,2-3,7-8H2,1H3. The van der Waals surface area contributed by atoms with Crippen molar-refractivity contribution < 1.29 is 4.52 Å². The smallest absolute Gasteiger partial charge is 0.241 e. The minimum atomic E-state index is 0.496. The van der Waals surface area contributed by atoms with Crippen LogP contribution >= 0.6 is 0 Å². The molecule has 0 saturated heterocycles. The van der Waals surface area contributed by atoms with Crippen LogP contribution in [0.1, 0.15) is 5.69 Å². The summed E-state index contributed by atoms with van der Waals surface area (Å²) in [4.78, 5) is 0. The van der Waals surface area contributed by atoms with E-state index >= 15 is 0 Å². The van der Waals surface area contributed by atoms with Crippen LogP contribution in [0.5, 0.6) is 0 Å². The second-order valence-electron chi connectivity index (χ2n) is 2.29. The molecule has 62 valence electrons. The SMILES string of the molecule is Cc1cc(N(N)CCN)on1. The summed E-state index contributed by atoms with van der Waals surface area (Å²) in [5, 5.41) is 5.11. The highest BCUT2D eigenvalue weighted by Gasteiger charge is 2.04. The molecule has 1 aromatic heterocycles. The quantitative estimate of drug-likeness (QED) is 0.460. The molecular weight excluding hydrogens is 144 g/mol. The number of aromatic nitrogens is 1. The van der Waals surface area contributed by atoms with Crippen molar-refractivity contribution in [3.63, 3.8) is 0 Å². The Balaban J connectivity index is 2.60. The summed E-state index contributed by atoms with van der Waals surface area (Å²) in [6, 6.07) is 1.76. The Morgan fingerprint density at radius 3 is 2.91 bits per heavy atom. The molecule has 0 atom stereocenters. The molecule has 11 heavy (non-hydrogen) atoms. The zero-order valence-corrected chi connectivity index (χ0v) is 6.45. The molecule has 0 aliphatic carbocycles. The van der Waals surface area contributed by atoms with E-state index in [0.29, 0.717) is 19.0 Å². The molecule has 0 spiro atoms. The maximum absolute atomic E-state index is 5.54. The van der Waals surface area contributed by atoms with Crippen molar-refractivity contribution in [1.82, 2.24) is 5.16 Å². The normalized spacial score (nSPS) is 10.1. The van der Waals surface area contributed by atoms with Gasteiger partial charge in [0.1, 0.15) is 0 Å². The van der Waals surface area contributed by atoms with Gasteiger partial charge in [-0.15, -0.1) is 0 Å². The first-order chi connectivity index (χ1) is 5.24. The average Bonchev–Trinajstić information content (AvgIpc) is 2.36. The van der Waals surface area contributed by atoms with Gasteiger partial charge in [0.15, 0.2) is 0 Å². The Morgan fingerprint density at radius 2 is 2.45 bits per heavy atom. The Kier molecular flexibility index (Phi) is 2.45. The highest BCUT2D eigenvalue weighted by atomic mass is 16.5. The molecular formula is C6H12N4O. The maximum Gasteiger partial charge on any atom is 0.241 e. The number of rotatable bonds is 3. The van der Waals surface area contributed by atoms with E-state index in [0.717, 1.165) is 5.69 Å². The summed E-state index contributed by atoms with van der Waals surface area (Å²) < 4.78 is 4.87. The van der Waals surface area contributed by atoms with Gasteiger partial charge >= 0.3 is 0 Å². The zero-order chi connectivity index (χ0) is 8.27. The molecule has 5 heteroatoms. The van der Waals surface area contributed by atoms with Crippen molar-refractivity contribution in [3.8, 4) is 0 Å². The Labute approximate surface area is 64.9 Å². The van der Waals surface area contributed by atoms with Gasteiger partial charge in [-0.25, -0.2) is 5.84 Å². The summed E-state index contributed by atoms with van der Waals surface area (Å²) >= 11 is 0. The van der Waals surface area contributed by atoms with E-state index in [2.05, 4.69) is 5.16 Å². The Hall–Kier alpha value is -1.07. The van der Waals surface area contributed by atoms with Gasteiger partial charge in [-0.05, 0) is 6.92 Å². The predicted octanol–water partition coefficient (Wildman–Crippen LogP) is -0.378. The van der Waals surface area contributed by atoms with Gasteiger partial charge in [0.2, 0.25) is 5.88 Å². The number of hydrogen-bond acceptors (Lipinski definition) is 5. The van der Waals surface area contributed by atoms with Crippen molar-refractivity contribution >= 4 is 5.88 Å². The van der Waals surface area contributed by atoms with Crippen LogP contribution in [0.25, 0.3) is 0 Å². The Bertz CT molecular complexity index is 222. The summed E-state index contributed by atoms with van der Waals surface area (Å²) in [5.74, 6) is 6.09. The fourth-order valence-electron chi connectivity index (χ4n) is 0.735. The highest BCUT2D eigenvalue weighted by molar-refractivity contribution is 5.32. The number of anilines is 1. The van der Waals surface area contributed by atoms with Crippen LogP contribution in [-0.4, -0.2) is 18.2 Å². The highest BCUT2D eigenvalue weighted by Crippen LogP contribution is 2.10. The lowest BCUT2D eigenvalue weighted by Gasteiger charge is -2.11. The van der Waals surface area contributed by atoms with Crippen LogP contribution in [-0.2, 0) is 0 Å². The van der Waals surface area contributed by atoms with Gasteiger partial charge in [0, 0.05) is 19.2 Å². The molecule has 0 saturated carbocycles. The number of nitrogens with two attached hydrogens (primary N) is 2. The van der Waals surface area contributed by atoms with E-state index in [1.807, 2.05) is 6.92 Å². The van der Waals surface area contributed by atoms with E-state index < -0.39 is 0 Å². The van der Waals surface area contributed by atoms with E-state index in [1.54, 1.807) is 6.07 Å². The second kappa shape index (κ2) is 3.36. The molecule has 1 heterocycles. The first-order valence-corrected chi connectivity index (χ1v) is 3.39. The molecule has 1 aromatic rings. The zero-order valence-electron chi connectivity index (χ0n) is 6.45. The third-order valence-corrected chi connectivity index (χ3v) is 1.27. The molecule has 0 radical (unpaired) electrons. The molecule has 0 unspecified atom stereocenters. The molecule has 0 aromatic carbocycles. The molecule has 4 N–H and O–H groups in total. The number of nitrogens with zero attached hydrogens (tertiary/aromatic N) is 2. The van der Waals surface area contributed by atoms with Crippen molar-refractivity contribution in [3.05, 3.63) is 11.8 Å². The summed E-state index contributed by atoms with van der Waals surface area (Å²) in [7, 11) is 0. The lowest BCUT2D eigenvalue weighted by atomic mass is 10.4. The second-order valence-corrected chi connectivity index (χ2v) is 2.29. The van der Waals surface area contributed by atoms with Crippen molar-refractivity contribution in [2.75, 3.05) is 18.1 Å². The summed E-state index contributed by atoms with van der Waals surface area (Å²) in [5.41, 5.74) is 6.10. The minimum Gasteiger partial charge on any atom is -0.337 e. The van der Waals surface area contributed by atoms with Gasteiger partial charge in [0.25, 0.3) is 0 Å². The van der Waals surface area contributed by atoms with Gasteiger partial charge in [-0.2, -0.15) is 0 Å². The number of aryl methyl sites for hydroxylation is 1. The molecule has 5 nitrogen and oxygen atoms in total. The molecule has 0 aliphatic rings. The van der Waals surface area contributed by atoms with Crippen LogP contribution in [0.4, 0.5) is 5.88 Å². The molecule has 1 rings (SSSR count). The van der Waals surface area contributed by atoms with Crippen LogP contribution < -0.4 is 16.6 Å². The molecule has 0 bridgehead atoms. The topological polar surface area (TPSA) is 81.3 Å². The van der Waals surface area contributed by atoms with Crippen molar-refractivity contribution in [2.45, 2.75) is 6.92 Å². The van der Waals surface area contributed by atoms with Crippen LogP contribution in [0.2, 0.25) is 0 Å². The molecule has 0 aliphatic heterocycles. The van der Waals surface area contributed by atoms with Gasteiger partial charge in [0.05, 0.1) is 5.69 Å². The fraction of sp³-hybridized carbons (Fsp3) is 0.500. The monoisotopic (exact) mass is 156 g/mol. The van der Waals surface area contributed by atoms with Crippen LogP contribution in [0.15, 0.2) is 10.6 Å². The summed E-state index contributed by atoms with van der Waals surface area (Å²) in [6.07, 6.45) is 0. The largest absolute Gasteiger partial charge is 0.337 e. The maximum atomic E-state index is 5.54.